The summed E-state index contributed by atoms with van der Waals surface area (Å²) in [7, 11) is 0. The zero-order valence-electron chi connectivity index (χ0n) is 11.4. The highest BCUT2D eigenvalue weighted by molar-refractivity contribution is 4.85. The molecule has 2 nitrogen and oxygen atoms in total. The van der Waals surface area contributed by atoms with Crippen LogP contribution in [0.1, 0.15) is 59.3 Å². The number of hydrogen-bond acceptors (Lipinski definition) is 2. The summed E-state index contributed by atoms with van der Waals surface area (Å²) in [5.41, 5.74) is 6.36. The fourth-order valence-electron chi connectivity index (χ4n) is 2.47. The first-order chi connectivity index (χ1) is 7.52. The second kappa shape index (κ2) is 6.61. The Labute approximate surface area is 101 Å². The van der Waals surface area contributed by atoms with Gasteiger partial charge in [0.05, 0.1) is 0 Å². The van der Waals surface area contributed by atoms with Crippen LogP contribution in [0.25, 0.3) is 0 Å². The fourth-order valence-corrected chi connectivity index (χ4v) is 2.47. The zero-order chi connectivity index (χ0) is 12.0. The Hall–Kier alpha value is -0.0800. The van der Waals surface area contributed by atoms with Crippen molar-refractivity contribution in [3.05, 3.63) is 0 Å². The lowest BCUT2D eigenvalue weighted by Crippen LogP contribution is -2.38. The molecule has 1 saturated carbocycles. The SMILES string of the molecule is CC(N)CCCC(C)CNCC1(C)CCC1. The predicted octanol–water partition coefficient (Wildman–Crippen LogP) is 2.92. The van der Waals surface area contributed by atoms with Gasteiger partial charge in [0, 0.05) is 12.6 Å². The molecule has 2 unspecified atom stereocenters. The minimum atomic E-state index is 0.369. The maximum absolute atomic E-state index is 5.75. The van der Waals surface area contributed by atoms with Crippen molar-refractivity contribution < 1.29 is 0 Å². The lowest BCUT2D eigenvalue weighted by atomic mass is 9.70. The molecule has 0 spiro atoms. The van der Waals surface area contributed by atoms with Gasteiger partial charge in [0.15, 0.2) is 0 Å². The summed E-state index contributed by atoms with van der Waals surface area (Å²) in [4.78, 5) is 0. The van der Waals surface area contributed by atoms with Crippen LogP contribution in [0, 0.1) is 11.3 Å². The lowest BCUT2D eigenvalue weighted by Gasteiger charge is -2.38. The molecule has 1 aliphatic rings. The van der Waals surface area contributed by atoms with Gasteiger partial charge in [-0.1, -0.05) is 26.7 Å². The summed E-state index contributed by atoms with van der Waals surface area (Å²) in [5.74, 6) is 0.794. The molecule has 96 valence electrons. The minimum absolute atomic E-state index is 0.369. The fraction of sp³-hybridized carbons (Fsp3) is 1.00. The third-order valence-electron chi connectivity index (χ3n) is 3.96. The van der Waals surface area contributed by atoms with Crippen LogP contribution < -0.4 is 11.1 Å². The summed E-state index contributed by atoms with van der Waals surface area (Å²) in [6.45, 7) is 9.24. The number of nitrogens with two attached hydrogens (primary N) is 1. The Morgan fingerprint density at radius 3 is 2.44 bits per heavy atom. The summed E-state index contributed by atoms with van der Waals surface area (Å²) in [6, 6.07) is 0.369. The van der Waals surface area contributed by atoms with Crippen molar-refractivity contribution in [3.63, 3.8) is 0 Å². The van der Waals surface area contributed by atoms with E-state index in [1.165, 1.54) is 51.6 Å². The summed E-state index contributed by atoms with van der Waals surface area (Å²) in [5, 5.41) is 3.63. The maximum Gasteiger partial charge on any atom is 0.00104 e. The molecule has 3 N–H and O–H groups in total. The summed E-state index contributed by atoms with van der Waals surface area (Å²) >= 11 is 0. The Kier molecular flexibility index (Phi) is 5.77. The monoisotopic (exact) mass is 226 g/mol. The smallest absolute Gasteiger partial charge is 0.00104 e. The first-order valence-corrected chi connectivity index (χ1v) is 6.98. The van der Waals surface area contributed by atoms with Crippen molar-refractivity contribution in [2.24, 2.45) is 17.1 Å². The second-order valence-electron chi connectivity index (χ2n) is 6.31. The highest BCUT2D eigenvalue weighted by atomic mass is 14.9. The van der Waals surface area contributed by atoms with Gasteiger partial charge >= 0.3 is 0 Å². The predicted molar refractivity (Wildman–Crippen MR) is 71.5 cm³/mol. The molecule has 1 fully saturated rings. The van der Waals surface area contributed by atoms with Gasteiger partial charge in [-0.25, -0.2) is 0 Å². The average molecular weight is 226 g/mol. The topological polar surface area (TPSA) is 38.0 Å². The van der Waals surface area contributed by atoms with Crippen LogP contribution in [0.4, 0.5) is 0 Å². The highest BCUT2D eigenvalue weighted by Gasteiger charge is 2.30. The van der Waals surface area contributed by atoms with Gasteiger partial charge in [-0.15, -0.1) is 0 Å². The van der Waals surface area contributed by atoms with Gasteiger partial charge < -0.3 is 11.1 Å². The molecule has 2 heteroatoms. The maximum atomic E-state index is 5.75. The standard InChI is InChI=1S/C14H30N2/c1-12(6-4-7-13(2)15)10-16-11-14(3)8-5-9-14/h12-13,16H,4-11,15H2,1-3H3. The first-order valence-electron chi connectivity index (χ1n) is 6.98. The van der Waals surface area contributed by atoms with Crippen LogP contribution in [0.2, 0.25) is 0 Å². The van der Waals surface area contributed by atoms with Crippen LogP contribution in [0.15, 0.2) is 0 Å². The molecular formula is C14H30N2. The van der Waals surface area contributed by atoms with E-state index in [0.29, 0.717) is 11.5 Å². The Morgan fingerprint density at radius 1 is 1.25 bits per heavy atom. The van der Waals surface area contributed by atoms with Crippen molar-refractivity contribution in [1.82, 2.24) is 5.32 Å². The minimum Gasteiger partial charge on any atom is -0.328 e. The van der Waals surface area contributed by atoms with Crippen molar-refractivity contribution in [2.75, 3.05) is 13.1 Å². The molecule has 16 heavy (non-hydrogen) atoms. The van der Waals surface area contributed by atoms with E-state index in [0.717, 1.165) is 5.92 Å². The van der Waals surface area contributed by atoms with E-state index < -0.39 is 0 Å². The lowest BCUT2D eigenvalue weighted by molar-refractivity contribution is 0.154. The van der Waals surface area contributed by atoms with E-state index >= 15 is 0 Å². The van der Waals surface area contributed by atoms with E-state index in [1.807, 2.05) is 0 Å². The van der Waals surface area contributed by atoms with Crippen molar-refractivity contribution in [1.29, 1.82) is 0 Å². The molecule has 0 saturated heterocycles. The first kappa shape index (κ1) is 14.0. The quantitative estimate of drug-likeness (QED) is 0.668. The molecule has 0 aromatic rings. The van der Waals surface area contributed by atoms with Crippen LogP contribution in [0.5, 0.6) is 0 Å². The third-order valence-corrected chi connectivity index (χ3v) is 3.96. The number of hydrogen-bond donors (Lipinski definition) is 2. The normalized spacial score (nSPS) is 22.5. The second-order valence-corrected chi connectivity index (χ2v) is 6.31. The molecule has 0 bridgehead atoms. The highest BCUT2D eigenvalue weighted by Crippen LogP contribution is 2.39. The van der Waals surface area contributed by atoms with E-state index in [1.54, 1.807) is 0 Å². The third kappa shape index (κ3) is 5.31. The molecule has 1 rings (SSSR count). The molecule has 1 aliphatic carbocycles. The Morgan fingerprint density at radius 2 is 1.94 bits per heavy atom. The van der Waals surface area contributed by atoms with Crippen LogP contribution in [-0.2, 0) is 0 Å². The van der Waals surface area contributed by atoms with Crippen molar-refractivity contribution >= 4 is 0 Å². The van der Waals surface area contributed by atoms with Crippen LogP contribution in [0.3, 0.4) is 0 Å². The van der Waals surface area contributed by atoms with E-state index in [-0.39, 0.29) is 0 Å². The van der Waals surface area contributed by atoms with Crippen LogP contribution in [-0.4, -0.2) is 19.1 Å². The van der Waals surface area contributed by atoms with Crippen LogP contribution >= 0.6 is 0 Å². The molecule has 0 amide bonds. The molecule has 0 aromatic heterocycles. The molecule has 0 heterocycles. The number of nitrogens with one attached hydrogen (secondary N) is 1. The molecule has 0 aromatic carbocycles. The molecule has 0 radical (unpaired) electrons. The Bertz CT molecular complexity index is 185. The Balaban J connectivity index is 1.95. The van der Waals surface area contributed by atoms with E-state index in [9.17, 15) is 0 Å². The summed E-state index contributed by atoms with van der Waals surface area (Å²) in [6.07, 6.45) is 8.02. The zero-order valence-corrected chi connectivity index (χ0v) is 11.4. The van der Waals surface area contributed by atoms with E-state index in [2.05, 4.69) is 26.1 Å². The average Bonchev–Trinajstić information content (AvgIpc) is 2.14. The molecule has 0 aliphatic heterocycles. The largest absolute Gasteiger partial charge is 0.328 e. The van der Waals surface area contributed by atoms with Gasteiger partial charge in [0.1, 0.15) is 0 Å². The van der Waals surface area contributed by atoms with Crippen molar-refractivity contribution in [2.45, 2.75) is 65.3 Å². The van der Waals surface area contributed by atoms with Gasteiger partial charge in [-0.05, 0) is 50.5 Å². The molecule has 2 atom stereocenters. The van der Waals surface area contributed by atoms with Gasteiger partial charge in [0.25, 0.3) is 0 Å². The van der Waals surface area contributed by atoms with Crippen molar-refractivity contribution in [3.8, 4) is 0 Å². The number of rotatable bonds is 8. The van der Waals surface area contributed by atoms with Gasteiger partial charge in [-0.2, -0.15) is 0 Å². The summed E-state index contributed by atoms with van der Waals surface area (Å²) < 4.78 is 0. The molecular weight excluding hydrogens is 196 g/mol. The van der Waals surface area contributed by atoms with E-state index in [4.69, 9.17) is 5.73 Å². The van der Waals surface area contributed by atoms with Gasteiger partial charge in [0.2, 0.25) is 0 Å². The van der Waals surface area contributed by atoms with Gasteiger partial charge in [-0.3, -0.25) is 0 Å².